The third-order valence-electron chi connectivity index (χ3n) is 4.75. The van der Waals surface area contributed by atoms with Crippen molar-refractivity contribution in [2.45, 2.75) is 24.6 Å². The van der Waals surface area contributed by atoms with Gasteiger partial charge in [-0.2, -0.15) is 0 Å². The van der Waals surface area contributed by atoms with Gasteiger partial charge in [0.25, 0.3) is 0 Å². The van der Waals surface area contributed by atoms with E-state index in [2.05, 4.69) is 0 Å². The summed E-state index contributed by atoms with van der Waals surface area (Å²) >= 11 is 0. The van der Waals surface area contributed by atoms with Crippen molar-refractivity contribution < 1.29 is 62.0 Å². The van der Waals surface area contributed by atoms with E-state index in [4.69, 9.17) is 13.9 Å². The lowest BCUT2D eigenvalue weighted by molar-refractivity contribution is -0.242. The van der Waals surface area contributed by atoms with E-state index in [1.54, 1.807) is 0 Å². The number of phenols is 4. The molecule has 166 valence electrons. The highest BCUT2D eigenvalue weighted by molar-refractivity contribution is 5.88. The van der Waals surface area contributed by atoms with Gasteiger partial charge in [0.15, 0.2) is 11.5 Å². The lowest BCUT2D eigenvalue weighted by Crippen LogP contribution is -3.00. The van der Waals surface area contributed by atoms with E-state index in [9.17, 15) is 35.7 Å². The monoisotopic (exact) mass is 454 g/mol. The van der Waals surface area contributed by atoms with E-state index in [0.29, 0.717) is 0 Å². The molecule has 1 saturated heterocycles. The number of ether oxygens (including phenoxy) is 2. The third kappa shape index (κ3) is 4.24. The fourth-order valence-electron chi connectivity index (χ4n) is 3.15. The van der Waals surface area contributed by atoms with Crippen LogP contribution < -0.4 is 17.1 Å². The molecule has 1 aromatic heterocycles. The molecule has 11 heteroatoms. The second kappa shape index (κ2) is 8.61. The van der Waals surface area contributed by atoms with E-state index < -0.39 is 30.4 Å². The normalized spacial score (nSPS) is 23.3. The predicted molar refractivity (Wildman–Crippen MR) is 101 cm³/mol. The predicted octanol–water partition coefficient (Wildman–Crippen LogP) is -1.97. The Kier molecular flexibility index (Phi) is 6.30. The van der Waals surface area contributed by atoms with Crippen LogP contribution in [0.1, 0.15) is 0 Å². The minimum atomic E-state index is -1.58. The maximum Gasteiger partial charge on any atom is 0.402 e. The first-order valence-electron chi connectivity index (χ1n) is 8.92. The summed E-state index contributed by atoms with van der Waals surface area (Å²) < 4.78 is 16.7. The molecule has 1 aliphatic rings. The van der Waals surface area contributed by atoms with Gasteiger partial charge in [-0.15, -0.1) is 0 Å². The van der Waals surface area contributed by atoms with Crippen LogP contribution in [0.4, 0.5) is 0 Å². The first-order valence-corrected chi connectivity index (χ1v) is 8.92. The van der Waals surface area contributed by atoms with Crippen LogP contribution in [-0.4, -0.2) is 67.0 Å². The van der Waals surface area contributed by atoms with Gasteiger partial charge in [0, 0.05) is 18.2 Å². The molecule has 4 atom stereocenters. The molecule has 4 rings (SSSR count). The Balaban J connectivity index is 0.00000272. The van der Waals surface area contributed by atoms with Crippen molar-refractivity contribution in [3.63, 3.8) is 0 Å². The molecule has 2 aromatic carbocycles. The number of phenolic OH excluding ortho intramolecular Hbond substituents is 4. The summed E-state index contributed by atoms with van der Waals surface area (Å²) in [6.45, 7) is -0.290. The van der Waals surface area contributed by atoms with Crippen molar-refractivity contribution in [3.8, 4) is 40.1 Å². The van der Waals surface area contributed by atoms with E-state index in [1.165, 1.54) is 30.3 Å². The van der Waals surface area contributed by atoms with Crippen molar-refractivity contribution in [1.82, 2.24) is 0 Å². The van der Waals surface area contributed by atoms with E-state index in [1.807, 2.05) is 0 Å². The van der Waals surface area contributed by atoms with Gasteiger partial charge in [-0.05, 0) is 12.1 Å². The molecule has 0 amide bonds. The molecule has 7 N–H and O–H groups in total. The molecular weight excluding hydrogens is 436 g/mol. The molecule has 1 fully saturated rings. The Morgan fingerprint density at radius 2 is 1.61 bits per heavy atom. The van der Waals surface area contributed by atoms with E-state index in [0.717, 1.165) is 6.07 Å². The molecule has 31 heavy (non-hydrogen) atoms. The highest BCUT2D eigenvalue weighted by atomic mass is 35.5. The number of hydrogen-bond acceptors (Lipinski definition) is 9. The quantitative estimate of drug-likeness (QED) is 0.174. The SMILES string of the molecule is Oc1cc(O)c2cc(O[C@@H]3OC[C@@H](O)[C@@H](O)[C@@H]3O)c(-c3ccc(O)c(O)c3)[o+]c2c1.[Cl-]. The standard InChI is InChI=1S/C20H18O10.ClH/c21-9-4-12(23)10-6-16(30-20-18(27)17(26)14(25)7-28-20)19(29-15(10)5-9)8-1-2-11(22)13(24)3-8;/h1-6,14,17-18,20,25-27H,7H2,(H3-,21,22,23,24);1H/t14-,17-,18+,20+;/m1./s1. The molecule has 2 heterocycles. The molecule has 10 nitrogen and oxygen atoms in total. The summed E-state index contributed by atoms with van der Waals surface area (Å²) in [6, 6.07) is 7.56. The van der Waals surface area contributed by atoms with Crippen LogP contribution >= 0.6 is 0 Å². The number of benzene rings is 2. The smallest absolute Gasteiger partial charge is 0.402 e. The van der Waals surface area contributed by atoms with Crippen LogP contribution in [0.15, 0.2) is 40.8 Å². The highest BCUT2D eigenvalue weighted by Gasteiger charge is 2.40. The Bertz CT molecular complexity index is 1110. The molecule has 0 spiro atoms. The van der Waals surface area contributed by atoms with Crippen molar-refractivity contribution in [2.24, 2.45) is 0 Å². The zero-order chi connectivity index (χ0) is 21.6. The maximum absolute atomic E-state index is 10.2. The highest BCUT2D eigenvalue weighted by Crippen LogP contribution is 2.41. The van der Waals surface area contributed by atoms with Crippen LogP contribution in [0.2, 0.25) is 0 Å². The molecular formula is C20H19ClO10. The number of halogens is 1. The number of rotatable bonds is 3. The largest absolute Gasteiger partial charge is 1.00 e. The third-order valence-corrected chi connectivity index (χ3v) is 4.75. The number of hydrogen-bond donors (Lipinski definition) is 7. The molecule has 0 radical (unpaired) electrons. The Morgan fingerprint density at radius 3 is 2.32 bits per heavy atom. The van der Waals surface area contributed by atoms with E-state index in [-0.39, 0.29) is 64.3 Å². The lowest BCUT2D eigenvalue weighted by Gasteiger charge is -2.34. The summed E-state index contributed by atoms with van der Waals surface area (Å²) in [6.07, 6.45) is -5.76. The summed E-state index contributed by atoms with van der Waals surface area (Å²) in [7, 11) is 0. The molecule has 1 aliphatic heterocycles. The molecule has 0 unspecified atom stereocenters. The maximum atomic E-state index is 10.2. The minimum Gasteiger partial charge on any atom is -1.00 e. The van der Waals surface area contributed by atoms with Crippen LogP contribution in [0.3, 0.4) is 0 Å². The molecule has 3 aromatic rings. The van der Waals surface area contributed by atoms with Crippen molar-refractivity contribution in [3.05, 3.63) is 36.4 Å². The van der Waals surface area contributed by atoms with Gasteiger partial charge in [0.1, 0.15) is 35.2 Å². The Hall–Kier alpha value is -3.02. The first-order chi connectivity index (χ1) is 14.2. The summed E-state index contributed by atoms with van der Waals surface area (Å²) in [5.74, 6) is -1.37. The lowest BCUT2D eigenvalue weighted by atomic mass is 10.1. The van der Waals surface area contributed by atoms with Gasteiger partial charge in [0.2, 0.25) is 12.0 Å². The summed E-state index contributed by atoms with van der Waals surface area (Å²) in [4.78, 5) is 0. The fraction of sp³-hybridized carbons (Fsp3) is 0.250. The van der Waals surface area contributed by atoms with Gasteiger partial charge in [-0.1, -0.05) is 0 Å². The van der Waals surface area contributed by atoms with Crippen molar-refractivity contribution >= 4 is 11.0 Å². The van der Waals surface area contributed by atoms with Crippen LogP contribution in [-0.2, 0) is 4.74 Å². The number of aliphatic hydroxyl groups is 3. The topological polar surface area (TPSA) is 171 Å². The van der Waals surface area contributed by atoms with Gasteiger partial charge < -0.3 is 57.6 Å². The average Bonchev–Trinajstić information content (AvgIpc) is 2.70. The molecule has 0 saturated carbocycles. The second-order valence-corrected chi connectivity index (χ2v) is 6.89. The van der Waals surface area contributed by atoms with Crippen LogP contribution in [0.25, 0.3) is 22.3 Å². The number of aliphatic hydroxyl groups excluding tert-OH is 3. The number of fused-ring (bicyclic) bond motifs is 1. The van der Waals surface area contributed by atoms with Crippen LogP contribution in [0, 0.1) is 0 Å². The van der Waals surface area contributed by atoms with Gasteiger partial charge >= 0.3 is 11.3 Å². The van der Waals surface area contributed by atoms with Crippen molar-refractivity contribution in [2.75, 3.05) is 6.61 Å². The average molecular weight is 455 g/mol. The van der Waals surface area contributed by atoms with Gasteiger partial charge in [-0.3, -0.25) is 0 Å². The Morgan fingerprint density at radius 1 is 0.871 bits per heavy atom. The Labute approximate surface area is 181 Å². The molecule has 0 bridgehead atoms. The summed E-state index contributed by atoms with van der Waals surface area (Å²) in [5, 5.41) is 69.1. The fourth-order valence-corrected chi connectivity index (χ4v) is 3.15. The molecule has 0 aliphatic carbocycles. The van der Waals surface area contributed by atoms with E-state index >= 15 is 0 Å². The van der Waals surface area contributed by atoms with Crippen LogP contribution in [0.5, 0.6) is 28.7 Å². The zero-order valence-corrected chi connectivity index (χ0v) is 16.5. The second-order valence-electron chi connectivity index (χ2n) is 6.89. The minimum absolute atomic E-state index is 0. The van der Waals surface area contributed by atoms with Crippen molar-refractivity contribution in [1.29, 1.82) is 0 Å². The van der Waals surface area contributed by atoms with Gasteiger partial charge in [-0.25, -0.2) is 4.42 Å². The zero-order valence-electron chi connectivity index (χ0n) is 15.7. The summed E-state index contributed by atoms with van der Waals surface area (Å²) in [5.41, 5.74) is 0.346. The first kappa shape index (κ1) is 22.7. The number of aromatic hydroxyl groups is 4. The van der Waals surface area contributed by atoms with Gasteiger partial charge in [0.05, 0.1) is 18.2 Å².